The van der Waals surface area contributed by atoms with E-state index in [0.29, 0.717) is 25.2 Å². The quantitative estimate of drug-likeness (QED) is 0.209. The lowest BCUT2D eigenvalue weighted by molar-refractivity contribution is -0.404. The van der Waals surface area contributed by atoms with Crippen LogP contribution >= 0.6 is 0 Å². The van der Waals surface area contributed by atoms with Gasteiger partial charge in [0.05, 0.1) is 4.92 Å². The first-order valence-corrected chi connectivity index (χ1v) is 11.3. The second kappa shape index (κ2) is 10.9. The maximum atomic E-state index is 13.6. The van der Waals surface area contributed by atoms with Gasteiger partial charge in [0.1, 0.15) is 17.4 Å². The van der Waals surface area contributed by atoms with E-state index in [9.17, 15) is 32.1 Å². The zero-order chi connectivity index (χ0) is 26.6. The SMILES string of the molecule is O=[N+]([O-])/C=C(/Nc1ccc(OC(F)(F)F)cc1)N1CCC(C(c2ccc(F)cc2)c2ccc(F)cc2)C1. The summed E-state index contributed by atoms with van der Waals surface area (Å²) in [7, 11) is 0. The lowest BCUT2D eigenvalue weighted by Crippen LogP contribution is -2.27. The third-order valence-electron chi connectivity index (χ3n) is 6.08. The van der Waals surface area contributed by atoms with E-state index in [1.165, 1.54) is 36.4 Å². The van der Waals surface area contributed by atoms with Crippen LogP contribution in [0.2, 0.25) is 0 Å². The summed E-state index contributed by atoms with van der Waals surface area (Å²) in [4.78, 5) is 12.5. The molecule has 11 heteroatoms. The Morgan fingerprint density at radius 3 is 2.00 bits per heavy atom. The maximum absolute atomic E-state index is 13.6. The summed E-state index contributed by atoms with van der Waals surface area (Å²) in [5, 5.41) is 14.2. The van der Waals surface area contributed by atoms with Crippen molar-refractivity contribution >= 4 is 5.69 Å². The van der Waals surface area contributed by atoms with Gasteiger partial charge in [0.15, 0.2) is 5.82 Å². The van der Waals surface area contributed by atoms with Gasteiger partial charge < -0.3 is 15.0 Å². The summed E-state index contributed by atoms with van der Waals surface area (Å²) in [5.41, 5.74) is 1.99. The van der Waals surface area contributed by atoms with E-state index in [4.69, 9.17) is 0 Å². The molecular formula is C26H22F5N3O3. The second-order valence-corrected chi connectivity index (χ2v) is 8.57. The number of nitro groups is 1. The molecule has 6 nitrogen and oxygen atoms in total. The molecule has 3 aromatic carbocycles. The summed E-state index contributed by atoms with van der Waals surface area (Å²) < 4.78 is 68.3. The Labute approximate surface area is 209 Å². The minimum atomic E-state index is -4.83. The molecule has 194 valence electrons. The van der Waals surface area contributed by atoms with Crippen molar-refractivity contribution in [2.75, 3.05) is 18.4 Å². The van der Waals surface area contributed by atoms with Crippen LogP contribution < -0.4 is 10.1 Å². The highest BCUT2D eigenvalue weighted by Gasteiger charge is 2.34. The molecular weight excluding hydrogens is 497 g/mol. The van der Waals surface area contributed by atoms with Crippen LogP contribution in [0, 0.1) is 27.7 Å². The normalized spacial score (nSPS) is 16.2. The highest BCUT2D eigenvalue weighted by Crippen LogP contribution is 2.39. The average molecular weight is 519 g/mol. The van der Waals surface area contributed by atoms with Crippen molar-refractivity contribution in [3.05, 3.63) is 118 Å². The number of anilines is 1. The highest BCUT2D eigenvalue weighted by molar-refractivity contribution is 5.50. The Morgan fingerprint density at radius 2 is 1.51 bits per heavy atom. The zero-order valence-electron chi connectivity index (χ0n) is 19.3. The predicted octanol–water partition coefficient (Wildman–Crippen LogP) is 6.50. The summed E-state index contributed by atoms with van der Waals surface area (Å²) in [6.07, 6.45) is -3.40. The highest BCUT2D eigenvalue weighted by atomic mass is 19.4. The lowest BCUT2D eigenvalue weighted by atomic mass is 9.80. The Hall–Kier alpha value is -4.15. The molecule has 1 atom stereocenters. The molecule has 1 aliphatic heterocycles. The maximum Gasteiger partial charge on any atom is 0.573 e. The van der Waals surface area contributed by atoms with Gasteiger partial charge in [0.25, 0.3) is 6.20 Å². The van der Waals surface area contributed by atoms with Crippen molar-refractivity contribution in [1.82, 2.24) is 4.90 Å². The summed E-state index contributed by atoms with van der Waals surface area (Å²) in [5.74, 6) is -1.30. The predicted molar refractivity (Wildman–Crippen MR) is 126 cm³/mol. The van der Waals surface area contributed by atoms with Crippen LogP contribution in [0.5, 0.6) is 5.75 Å². The molecule has 0 saturated carbocycles. The molecule has 4 rings (SSSR count). The van der Waals surface area contributed by atoms with Crippen molar-refractivity contribution < 1.29 is 31.6 Å². The number of likely N-dealkylation sites (tertiary alicyclic amines) is 1. The molecule has 1 fully saturated rings. The number of hydrogen-bond donors (Lipinski definition) is 1. The van der Waals surface area contributed by atoms with Gasteiger partial charge >= 0.3 is 6.36 Å². The Kier molecular flexibility index (Phi) is 7.61. The number of alkyl halides is 3. The largest absolute Gasteiger partial charge is 0.573 e. The van der Waals surface area contributed by atoms with E-state index in [1.54, 1.807) is 29.2 Å². The summed E-state index contributed by atoms with van der Waals surface area (Å²) >= 11 is 0. The van der Waals surface area contributed by atoms with Crippen molar-refractivity contribution in [2.45, 2.75) is 18.7 Å². The van der Waals surface area contributed by atoms with E-state index in [0.717, 1.165) is 29.5 Å². The second-order valence-electron chi connectivity index (χ2n) is 8.57. The van der Waals surface area contributed by atoms with Gasteiger partial charge in [-0.2, -0.15) is 0 Å². The molecule has 0 radical (unpaired) electrons. The Morgan fingerprint density at radius 1 is 0.973 bits per heavy atom. The fraction of sp³-hybridized carbons (Fsp3) is 0.231. The standard InChI is InChI=1S/C26H22F5N3O3/c27-20-5-1-17(2-6-20)25(18-3-7-21(28)8-4-18)19-13-14-33(15-19)24(16-34(35)36)32-22-9-11-23(12-10-22)37-26(29,30)31/h1-12,16,19,25,32H,13-15H2/b24-16-. The van der Waals surface area contributed by atoms with Crippen molar-refractivity contribution in [2.24, 2.45) is 5.92 Å². The van der Waals surface area contributed by atoms with Gasteiger partial charge in [-0.15, -0.1) is 13.2 Å². The van der Waals surface area contributed by atoms with Gasteiger partial charge in [0.2, 0.25) is 0 Å². The van der Waals surface area contributed by atoms with Crippen LogP contribution in [0.25, 0.3) is 0 Å². The summed E-state index contributed by atoms with van der Waals surface area (Å²) in [6, 6.07) is 16.9. The molecule has 0 aliphatic carbocycles. The number of nitrogens with one attached hydrogen (secondary N) is 1. The first-order valence-electron chi connectivity index (χ1n) is 11.3. The van der Waals surface area contributed by atoms with Gasteiger partial charge in [-0.1, -0.05) is 24.3 Å². The Balaban J connectivity index is 1.55. The number of rotatable bonds is 8. The minimum Gasteiger partial charge on any atom is -0.406 e. The van der Waals surface area contributed by atoms with E-state index >= 15 is 0 Å². The molecule has 0 spiro atoms. The van der Waals surface area contributed by atoms with Crippen molar-refractivity contribution in [3.63, 3.8) is 0 Å². The van der Waals surface area contributed by atoms with Crippen molar-refractivity contribution in [3.8, 4) is 5.75 Å². The molecule has 3 aromatic rings. The van der Waals surface area contributed by atoms with E-state index in [2.05, 4.69) is 10.1 Å². The molecule has 1 aliphatic rings. The zero-order valence-corrected chi connectivity index (χ0v) is 19.3. The van der Waals surface area contributed by atoms with Crippen LogP contribution in [0.3, 0.4) is 0 Å². The first kappa shape index (κ1) is 25.9. The fourth-order valence-electron chi connectivity index (χ4n) is 4.54. The van der Waals surface area contributed by atoms with Gasteiger partial charge in [-0.25, -0.2) is 8.78 Å². The smallest absolute Gasteiger partial charge is 0.406 e. The van der Waals surface area contributed by atoms with Gasteiger partial charge in [-0.05, 0) is 72.0 Å². The molecule has 0 aromatic heterocycles. The van der Waals surface area contributed by atoms with E-state index in [-0.39, 0.29) is 29.3 Å². The van der Waals surface area contributed by atoms with E-state index < -0.39 is 17.0 Å². The third kappa shape index (κ3) is 6.96. The van der Waals surface area contributed by atoms with Crippen LogP contribution in [-0.4, -0.2) is 29.3 Å². The molecule has 0 amide bonds. The van der Waals surface area contributed by atoms with Crippen LogP contribution in [-0.2, 0) is 0 Å². The topological polar surface area (TPSA) is 67.6 Å². The van der Waals surface area contributed by atoms with Crippen LogP contribution in [0.1, 0.15) is 23.5 Å². The summed E-state index contributed by atoms with van der Waals surface area (Å²) in [6.45, 7) is 0.840. The molecule has 1 unspecified atom stereocenters. The Bertz CT molecular complexity index is 1200. The number of halogens is 5. The number of nitrogens with zero attached hydrogens (tertiary/aromatic N) is 2. The average Bonchev–Trinajstić information content (AvgIpc) is 3.31. The van der Waals surface area contributed by atoms with Gasteiger partial charge in [0, 0.05) is 24.7 Å². The molecule has 0 bridgehead atoms. The first-order chi connectivity index (χ1) is 17.6. The molecule has 1 heterocycles. The number of hydrogen-bond acceptors (Lipinski definition) is 5. The minimum absolute atomic E-state index is 0.0459. The van der Waals surface area contributed by atoms with Crippen molar-refractivity contribution in [1.29, 1.82) is 0 Å². The lowest BCUT2D eigenvalue weighted by Gasteiger charge is -2.26. The third-order valence-corrected chi connectivity index (χ3v) is 6.08. The monoisotopic (exact) mass is 519 g/mol. The van der Waals surface area contributed by atoms with Crippen LogP contribution in [0.15, 0.2) is 84.8 Å². The van der Waals surface area contributed by atoms with Crippen LogP contribution in [0.4, 0.5) is 27.6 Å². The molecule has 1 saturated heterocycles. The fourth-order valence-corrected chi connectivity index (χ4v) is 4.54. The van der Waals surface area contributed by atoms with E-state index in [1.807, 2.05) is 0 Å². The molecule has 1 N–H and O–H groups in total. The number of ether oxygens (including phenoxy) is 1. The van der Waals surface area contributed by atoms with Gasteiger partial charge in [-0.3, -0.25) is 10.1 Å². The number of benzene rings is 3. The molecule has 37 heavy (non-hydrogen) atoms.